The highest BCUT2D eigenvalue weighted by atomic mass is 19.3. The van der Waals surface area contributed by atoms with Crippen LogP contribution in [0, 0.1) is 0 Å². The molecular weight excluding hydrogens is 196 g/mol. The van der Waals surface area contributed by atoms with Crippen LogP contribution in [0.3, 0.4) is 0 Å². The second-order valence-electron chi connectivity index (χ2n) is 3.82. The van der Waals surface area contributed by atoms with Crippen LogP contribution in [-0.2, 0) is 0 Å². The molecule has 0 fully saturated rings. The molecule has 0 aliphatic rings. The average molecular weight is 211 g/mol. The molecule has 3 heteroatoms. The summed E-state index contributed by atoms with van der Waals surface area (Å²) in [5.41, 5.74) is 5.33. The molecule has 1 unspecified atom stereocenters. The maximum atomic E-state index is 12.6. The molecule has 1 nitrogen and oxygen atoms in total. The van der Waals surface area contributed by atoms with Gasteiger partial charge in [0.25, 0.3) is 6.43 Å². The van der Waals surface area contributed by atoms with Gasteiger partial charge in [0.05, 0.1) is 5.54 Å². The van der Waals surface area contributed by atoms with Gasteiger partial charge in [-0.3, -0.25) is 0 Å². The molecule has 1 aromatic rings. The van der Waals surface area contributed by atoms with Crippen LogP contribution in [-0.4, -0.2) is 12.0 Å². The van der Waals surface area contributed by atoms with E-state index in [0.29, 0.717) is 5.57 Å². The maximum Gasteiger partial charge on any atom is 0.259 e. The molecule has 0 bridgehead atoms. The van der Waals surface area contributed by atoms with E-state index in [9.17, 15) is 8.78 Å². The summed E-state index contributed by atoms with van der Waals surface area (Å²) in [5, 5.41) is 0. The van der Waals surface area contributed by atoms with Crippen LogP contribution in [0.1, 0.15) is 19.4 Å². The lowest BCUT2D eigenvalue weighted by molar-refractivity contribution is 0.0833. The van der Waals surface area contributed by atoms with Gasteiger partial charge in [0.15, 0.2) is 0 Å². The molecule has 0 saturated carbocycles. The molecule has 1 aromatic carbocycles. The summed E-state index contributed by atoms with van der Waals surface area (Å²) >= 11 is 0. The molecule has 0 amide bonds. The molecule has 15 heavy (non-hydrogen) atoms. The van der Waals surface area contributed by atoms with Gasteiger partial charge in [-0.1, -0.05) is 36.4 Å². The van der Waals surface area contributed by atoms with E-state index < -0.39 is 12.0 Å². The van der Waals surface area contributed by atoms with Gasteiger partial charge < -0.3 is 5.73 Å². The number of rotatable bonds is 3. The fourth-order valence-electron chi connectivity index (χ4n) is 1.13. The minimum Gasteiger partial charge on any atom is -0.317 e. The largest absolute Gasteiger partial charge is 0.317 e. The summed E-state index contributed by atoms with van der Waals surface area (Å²) < 4.78 is 25.2. The Labute approximate surface area is 88.6 Å². The average Bonchev–Trinajstić information content (AvgIpc) is 2.18. The lowest BCUT2D eigenvalue weighted by Gasteiger charge is -2.24. The Balaban J connectivity index is 2.94. The Morgan fingerprint density at radius 3 is 2.33 bits per heavy atom. The van der Waals surface area contributed by atoms with Crippen LogP contribution in [0.5, 0.6) is 0 Å². The highest BCUT2D eigenvalue weighted by Crippen LogP contribution is 2.23. The number of halogens is 2. The van der Waals surface area contributed by atoms with Crippen LogP contribution < -0.4 is 5.73 Å². The second kappa shape index (κ2) is 4.53. The molecule has 2 N–H and O–H groups in total. The van der Waals surface area contributed by atoms with E-state index in [4.69, 9.17) is 5.73 Å². The Bertz CT molecular complexity index is 342. The molecule has 0 aliphatic carbocycles. The summed E-state index contributed by atoms with van der Waals surface area (Å²) in [7, 11) is 0. The Morgan fingerprint density at radius 2 is 1.87 bits per heavy atom. The first-order chi connectivity index (χ1) is 6.94. The predicted octanol–water partition coefficient (Wildman–Crippen LogP) is 3.07. The summed E-state index contributed by atoms with van der Waals surface area (Å²) in [5.74, 6) is 0. The van der Waals surface area contributed by atoms with E-state index >= 15 is 0 Å². The number of hydrogen-bond acceptors (Lipinski definition) is 1. The fourth-order valence-corrected chi connectivity index (χ4v) is 1.13. The van der Waals surface area contributed by atoms with Crippen LogP contribution in [0.2, 0.25) is 0 Å². The normalized spacial score (nSPS) is 16.5. The zero-order valence-electron chi connectivity index (χ0n) is 8.87. The highest BCUT2D eigenvalue weighted by molar-refractivity contribution is 5.54. The molecular formula is C12H15F2N. The molecule has 0 aliphatic heterocycles. The molecule has 0 saturated heterocycles. The lowest BCUT2D eigenvalue weighted by atomic mass is 9.93. The van der Waals surface area contributed by atoms with Crippen LogP contribution in [0.25, 0.3) is 6.08 Å². The van der Waals surface area contributed by atoms with Crippen LogP contribution in [0.15, 0.2) is 35.9 Å². The van der Waals surface area contributed by atoms with E-state index in [1.54, 1.807) is 13.0 Å². The van der Waals surface area contributed by atoms with Crippen molar-refractivity contribution in [1.29, 1.82) is 0 Å². The third-order valence-electron chi connectivity index (χ3n) is 2.49. The number of hydrogen-bond donors (Lipinski definition) is 1. The van der Waals surface area contributed by atoms with Crippen molar-refractivity contribution in [3.8, 4) is 0 Å². The van der Waals surface area contributed by atoms with Gasteiger partial charge in [-0.25, -0.2) is 8.78 Å². The lowest BCUT2D eigenvalue weighted by Crippen LogP contribution is -2.44. The van der Waals surface area contributed by atoms with Gasteiger partial charge in [0.1, 0.15) is 0 Å². The third-order valence-corrected chi connectivity index (χ3v) is 2.49. The Hall–Kier alpha value is -1.22. The highest BCUT2D eigenvalue weighted by Gasteiger charge is 2.31. The molecule has 0 heterocycles. The minimum absolute atomic E-state index is 0.476. The fraction of sp³-hybridized carbons (Fsp3) is 0.333. The maximum absolute atomic E-state index is 12.6. The van der Waals surface area contributed by atoms with Gasteiger partial charge in [-0.05, 0) is 25.0 Å². The molecule has 1 atom stereocenters. The number of alkyl halides is 2. The summed E-state index contributed by atoms with van der Waals surface area (Å²) in [4.78, 5) is 0. The summed E-state index contributed by atoms with van der Waals surface area (Å²) in [6.07, 6.45) is -0.871. The van der Waals surface area contributed by atoms with Crippen molar-refractivity contribution in [1.82, 2.24) is 0 Å². The smallest absolute Gasteiger partial charge is 0.259 e. The van der Waals surface area contributed by atoms with Gasteiger partial charge in [0.2, 0.25) is 0 Å². The van der Waals surface area contributed by atoms with Crippen LogP contribution >= 0.6 is 0 Å². The van der Waals surface area contributed by atoms with E-state index in [0.717, 1.165) is 5.56 Å². The van der Waals surface area contributed by atoms with Gasteiger partial charge in [-0.2, -0.15) is 0 Å². The molecule has 0 spiro atoms. The van der Waals surface area contributed by atoms with Crippen molar-refractivity contribution in [2.45, 2.75) is 25.8 Å². The van der Waals surface area contributed by atoms with E-state index in [2.05, 4.69) is 0 Å². The van der Waals surface area contributed by atoms with E-state index in [1.807, 2.05) is 30.3 Å². The number of nitrogens with two attached hydrogens (primary N) is 1. The molecule has 0 aromatic heterocycles. The zero-order chi connectivity index (χ0) is 11.5. The van der Waals surface area contributed by atoms with Crippen molar-refractivity contribution < 1.29 is 8.78 Å². The summed E-state index contributed by atoms with van der Waals surface area (Å²) in [6, 6.07) is 9.29. The minimum atomic E-state index is -2.56. The summed E-state index contributed by atoms with van der Waals surface area (Å²) in [6.45, 7) is 2.96. The molecule has 1 rings (SSSR count). The zero-order valence-corrected chi connectivity index (χ0v) is 8.87. The van der Waals surface area contributed by atoms with Gasteiger partial charge in [-0.15, -0.1) is 0 Å². The monoisotopic (exact) mass is 211 g/mol. The quantitative estimate of drug-likeness (QED) is 0.817. The SMILES string of the molecule is C/C(=C\c1ccccc1)C(C)(N)C(F)F. The number of benzene rings is 1. The second-order valence-corrected chi connectivity index (χ2v) is 3.82. The van der Waals surface area contributed by atoms with Crippen molar-refractivity contribution in [2.24, 2.45) is 5.73 Å². The standard InChI is InChI=1S/C12H15F2N/c1-9(12(2,15)11(13)14)8-10-6-4-3-5-7-10/h3-8,11H,15H2,1-2H3/b9-8+. The first-order valence-electron chi connectivity index (χ1n) is 4.75. The molecule has 82 valence electrons. The van der Waals surface area contributed by atoms with E-state index in [1.165, 1.54) is 6.92 Å². The first-order valence-corrected chi connectivity index (χ1v) is 4.75. The van der Waals surface area contributed by atoms with Gasteiger partial charge >= 0.3 is 0 Å². The Morgan fingerprint density at radius 1 is 1.33 bits per heavy atom. The topological polar surface area (TPSA) is 26.0 Å². The van der Waals surface area contributed by atoms with Crippen molar-refractivity contribution in [3.63, 3.8) is 0 Å². The van der Waals surface area contributed by atoms with Gasteiger partial charge in [0, 0.05) is 0 Å². The van der Waals surface area contributed by atoms with E-state index in [-0.39, 0.29) is 0 Å². The third kappa shape index (κ3) is 2.86. The van der Waals surface area contributed by atoms with Crippen molar-refractivity contribution in [2.75, 3.05) is 0 Å². The predicted molar refractivity (Wildman–Crippen MR) is 58.7 cm³/mol. The first kappa shape index (κ1) is 11.9. The van der Waals surface area contributed by atoms with Crippen LogP contribution in [0.4, 0.5) is 8.78 Å². The van der Waals surface area contributed by atoms with Crippen molar-refractivity contribution in [3.05, 3.63) is 41.5 Å². The molecule has 0 radical (unpaired) electrons. The van der Waals surface area contributed by atoms with Crippen molar-refractivity contribution >= 4 is 6.08 Å². The Kier molecular flexibility index (Phi) is 3.58.